The van der Waals surface area contributed by atoms with Crippen molar-refractivity contribution >= 4 is 21.6 Å². The molecule has 2 unspecified atom stereocenters. The van der Waals surface area contributed by atoms with Gasteiger partial charge in [0.1, 0.15) is 0 Å². The van der Waals surface area contributed by atoms with Gasteiger partial charge in [0.15, 0.2) is 0 Å². The summed E-state index contributed by atoms with van der Waals surface area (Å²) in [7, 11) is 3.90. The predicted octanol–water partition coefficient (Wildman–Crippen LogP) is 2.73. The maximum absolute atomic E-state index is 5.56. The maximum atomic E-state index is 5.56. The fourth-order valence-corrected chi connectivity index (χ4v) is 4.31. The van der Waals surface area contributed by atoms with Gasteiger partial charge in [0, 0.05) is 24.7 Å². The molecule has 82 valence electrons. The number of hydrogen-bond donors (Lipinski definition) is 0. The Morgan fingerprint density at radius 3 is 1.71 bits per heavy atom. The molecule has 2 fully saturated rings. The van der Waals surface area contributed by atoms with Crippen LogP contribution in [0.2, 0.25) is 0 Å². The molecule has 2 aliphatic heterocycles. The minimum atomic E-state index is 0.525. The summed E-state index contributed by atoms with van der Waals surface area (Å²) in [6.07, 6.45) is 6.07. The van der Waals surface area contributed by atoms with E-state index in [1.54, 1.807) is 0 Å². The highest BCUT2D eigenvalue weighted by Gasteiger charge is 2.17. The minimum absolute atomic E-state index is 0.525. The molecular weight excluding hydrogens is 216 g/mol. The average Bonchev–Trinajstić information content (AvgIpc) is 2.86. The van der Waals surface area contributed by atoms with Gasteiger partial charge in [-0.15, -0.1) is 0 Å². The highest BCUT2D eigenvalue weighted by atomic mass is 33.1. The quantitative estimate of drug-likeness (QED) is 0.537. The summed E-state index contributed by atoms with van der Waals surface area (Å²) in [6, 6.07) is 0. The Balaban J connectivity index is 1.46. The van der Waals surface area contributed by atoms with Crippen molar-refractivity contribution < 1.29 is 9.47 Å². The Kier molecular flexibility index (Phi) is 4.97. The van der Waals surface area contributed by atoms with E-state index in [1.807, 2.05) is 21.6 Å². The van der Waals surface area contributed by atoms with Crippen LogP contribution in [0.25, 0.3) is 0 Å². The first-order valence-electron chi connectivity index (χ1n) is 5.43. The lowest BCUT2D eigenvalue weighted by Crippen LogP contribution is -2.09. The second kappa shape index (κ2) is 6.26. The van der Waals surface area contributed by atoms with Crippen molar-refractivity contribution in [1.82, 2.24) is 0 Å². The van der Waals surface area contributed by atoms with E-state index in [-0.39, 0.29) is 0 Å². The monoisotopic (exact) mass is 234 g/mol. The van der Waals surface area contributed by atoms with Crippen LogP contribution in [0.4, 0.5) is 0 Å². The van der Waals surface area contributed by atoms with E-state index in [9.17, 15) is 0 Å². The summed E-state index contributed by atoms with van der Waals surface area (Å²) < 4.78 is 11.1. The zero-order chi connectivity index (χ0) is 9.64. The number of hydrogen-bond acceptors (Lipinski definition) is 4. The Morgan fingerprint density at radius 1 is 0.857 bits per heavy atom. The summed E-state index contributed by atoms with van der Waals surface area (Å²) in [4.78, 5) is 0. The van der Waals surface area contributed by atoms with Crippen molar-refractivity contribution in [2.24, 2.45) is 0 Å². The van der Waals surface area contributed by atoms with Crippen LogP contribution in [-0.4, -0.2) is 36.9 Å². The van der Waals surface area contributed by atoms with Gasteiger partial charge < -0.3 is 9.47 Å². The largest absolute Gasteiger partial charge is 0.377 e. The van der Waals surface area contributed by atoms with E-state index in [4.69, 9.17) is 9.47 Å². The van der Waals surface area contributed by atoms with Gasteiger partial charge in [-0.3, -0.25) is 0 Å². The number of rotatable bonds is 5. The molecular formula is C10H18O2S2. The Bertz CT molecular complexity index is 136. The van der Waals surface area contributed by atoms with Crippen molar-refractivity contribution in [2.45, 2.75) is 37.9 Å². The van der Waals surface area contributed by atoms with Crippen molar-refractivity contribution in [2.75, 3.05) is 24.7 Å². The third kappa shape index (κ3) is 3.65. The van der Waals surface area contributed by atoms with Crippen LogP contribution in [-0.2, 0) is 9.47 Å². The third-order valence-corrected chi connectivity index (χ3v) is 5.14. The smallest absolute Gasteiger partial charge is 0.0674 e. The molecule has 0 N–H and O–H groups in total. The Hall–Kier alpha value is 0.620. The fraction of sp³-hybridized carbons (Fsp3) is 1.00. The molecule has 0 aromatic rings. The molecule has 2 saturated heterocycles. The SMILES string of the molecule is C1COC(CSSCC2CCCO2)C1. The lowest BCUT2D eigenvalue weighted by atomic mass is 10.3. The minimum Gasteiger partial charge on any atom is -0.377 e. The summed E-state index contributed by atoms with van der Waals surface area (Å²) in [5.74, 6) is 2.30. The van der Waals surface area contributed by atoms with Crippen LogP contribution in [0.1, 0.15) is 25.7 Å². The zero-order valence-electron chi connectivity index (χ0n) is 8.44. The molecule has 4 heteroatoms. The first-order valence-corrected chi connectivity index (χ1v) is 7.91. The molecule has 2 rings (SSSR count). The molecule has 2 aliphatic rings. The average molecular weight is 234 g/mol. The molecule has 0 aromatic carbocycles. The van der Waals surface area contributed by atoms with Gasteiger partial charge in [0.2, 0.25) is 0 Å². The topological polar surface area (TPSA) is 18.5 Å². The van der Waals surface area contributed by atoms with Gasteiger partial charge in [-0.05, 0) is 25.7 Å². The highest BCUT2D eigenvalue weighted by molar-refractivity contribution is 8.76. The van der Waals surface area contributed by atoms with E-state index >= 15 is 0 Å². The van der Waals surface area contributed by atoms with Crippen LogP contribution < -0.4 is 0 Å². The van der Waals surface area contributed by atoms with Crippen molar-refractivity contribution in [3.8, 4) is 0 Å². The van der Waals surface area contributed by atoms with Gasteiger partial charge in [-0.1, -0.05) is 21.6 Å². The molecule has 0 aromatic heterocycles. The van der Waals surface area contributed by atoms with Gasteiger partial charge in [0.05, 0.1) is 12.2 Å². The lowest BCUT2D eigenvalue weighted by molar-refractivity contribution is 0.128. The van der Waals surface area contributed by atoms with Crippen LogP contribution >= 0.6 is 21.6 Å². The molecule has 0 saturated carbocycles. The molecule has 2 atom stereocenters. The van der Waals surface area contributed by atoms with E-state index < -0.39 is 0 Å². The molecule has 0 aliphatic carbocycles. The number of ether oxygens (including phenoxy) is 2. The van der Waals surface area contributed by atoms with Crippen molar-refractivity contribution in [1.29, 1.82) is 0 Å². The molecule has 2 heterocycles. The van der Waals surface area contributed by atoms with Crippen LogP contribution in [0, 0.1) is 0 Å². The van der Waals surface area contributed by atoms with E-state index in [0.717, 1.165) is 24.7 Å². The molecule has 2 nitrogen and oxygen atoms in total. The maximum Gasteiger partial charge on any atom is 0.0674 e. The van der Waals surface area contributed by atoms with Crippen molar-refractivity contribution in [3.05, 3.63) is 0 Å². The molecule has 14 heavy (non-hydrogen) atoms. The van der Waals surface area contributed by atoms with Gasteiger partial charge in [0.25, 0.3) is 0 Å². The molecule has 0 amide bonds. The van der Waals surface area contributed by atoms with Gasteiger partial charge in [-0.25, -0.2) is 0 Å². The second-order valence-corrected chi connectivity index (χ2v) is 6.39. The van der Waals surface area contributed by atoms with Gasteiger partial charge >= 0.3 is 0 Å². The van der Waals surface area contributed by atoms with E-state index in [0.29, 0.717) is 12.2 Å². The van der Waals surface area contributed by atoms with E-state index in [2.05, 4.69) is 0 Å². The first kappa shape index (κ1) is 11.1. The fourth-order valence-electron chi connectivity index (χ4n) is 1.80. The zero-order valence-corrected chi connectivity index (χ0v) is 10.1. The first-order chi connectivity index (χ1) is 6.95. The normalized spacial score (nSPS) is 32.6. The summed E-state index contributed by atoms with van der Waals surface area (Å²) in [5, 5.41) is 0. The lowest BCUT2D eigenvalue weighted by Gasteiger charge is -2.10. The summed E-state index contributed by atoms with van der Waals surface area (Å²) in [6.45, 7) is 1.95. The van der Waals surface area contributed by atoms with Crippen molar-refractivity contribution in [3.63, 3.8) is 0 Å². The molecule has 0 radical (unpaired) electrons. The van der Waals surface area contributed by atoms with Crippen LogP contribution in [0.15, 0.2) is 0 Å². The summed E-state index contributed by atoms with van der Waals surface area (Å²) >= 11 is 0. The Morgan fingerprint density at radius 2 is 1.36 bits per heavy atom. The molecule has 0 spiro atoms. The van der Waals surface area contributed by atoms with Crippen LogP contribution in [0.5, 0.6) is 0 Å². The summed E-state index contributed by atoms with van der Waals surface area (Å²) in [5.41, 5.74) is 0. The molecule has 0 bridgehead atoms. The Labute approximate surface area is 93.9 Å². The van der Waals surface area contributed by atoms with Gasteiger partial charge in [-0.2, -0.15) is 0 Å². The van der Waals surface area contributed by atoms with E-state index in [1.165, 1.54) is 25.7 Å². The standard InChI is InChI=1S/C10H18O2S2/c1-3-9(11-5-1)7-13-14-8-10-4-2-6-12-10/h9-10H,1-8H2. The van der Waals surface area contributed by atoms with Crippen LogP contribution in [0.3, 0.4) is 0 Å². The second-order valence-electron chi connectivity index (χ2n) is 3.84. The highest BCUT2D eigenvalue weighted by Crippen LogP contribution is 2.29. The third-order valence-electron chi connectivity index (χ3n) is 2.64. The predicted molar refractivity (Wildman–Crippen MR) is 62.9 cm³/mol.